The summed E-state index contributed by atoms with van der Waals surface area (Å²) in [5.74, 6) is 0.831. The van der Waals surface area contributed by atoms with Gasteiger partial charge in [0.15, 0.2) is 6.61 Å². The van der Waals surface area contributed by atoms with Gasteiger partial charge in [0.25, 0.3) is 5.91 Å². The summed E-state index contributed by atoms with van der Waals surface area (Å²) in [6.07, 6.45) is 1.19. The number of carbonyl (C=O) groups is 2. The van der Waals surface area contributed by atoms with Gasteiger partial charge in [-0.25, -0.2) is 0 Å². The van der Waals surface area contributed by atoms with E-state index in [1.54, 1.807) is 4.90 Å². The van der Waals surface area contributed by atoms with Gasteiger partial charge in [-0.05, 0) is 37.5 Å². The zero-order valence-corrected chi connectivity index (χ0v) is 16.7. The lowest BCUT2D eigenvalue weighted by Gasteiger charge is -2.22. The van der Waals surface area contributed by atoms with Crippen molar-refractivity contribution >= 4 is 11.8 Å². The predicted octanol–water partition coefficient (Wildman–Crippen LogP) is 2.99. The first-order valence-electron chi connectivity index (χ1n) is 9.82. The normalized spacial score (nSPS) is 14.5. The van der Waals surface area contributed by atoms with Crippen molar-refractivity contribution in [3.8, 4) is 5.75 Å². The molecule has 0 atom stereocenters. The molecule has 1 heterocycles. The van der Waals surface area contributed by atoms with Crippen LogP contribution >= 0.6 is 0 Å². The van der Waals surface area contributed by atoms with Crippen molar-refractivity contribution in [2.24, 2.45) is 0 Å². The number of hydrogen-bond donors (Lipinski definition) is 0. The highest BCUT2D eigenvalue weighted by Crippen LogP contribution is 2.19. The summed E-state index contributed by atoms with van der Waals surface area (Å²) in [4.78, 5) is 28.8. The first-order valence-corrected chi connectivity index (χ1v) is 9.82. The predicted molar refractivity (Wildman–Crippen MR) is 109 cm³/mol. The Bertz CT molecular complexity index is 820. The number of aryl methyl sites for hydroxylation is 2. The molecule has 2 amide bonds. The molecule has 1 saturated heterocycles. The molecule has 2 aromatic carbocycles. The van der Waals surface area contributed by atoms with Crippen molar-refractivity contribution < 1.29 is 14.3 Å². The van der Waals surface area contributed by atoms with Crippen LogP contribution in [0, 0.1) is 13.8 Å². The smallest absolute Gasteiger partial charge is 0.260 e. The zero-order chi connectivity index (χ0) is 19.9. The molecule has 2 aromatic rings. The molecule has 28 heavy (non-hydrogen) atoms. The highest BCUT2D eigenvalue weighted by atomic mass is 16.5. The van der Waals surface area contributed by atoms with Crippen LogP contribution in [-0.4, -0.2) is 54.4 Å². The van der Waals surface area contributed by atoms with E-state index in [9.17, 15) is 9.59 Å². The lowest BCUT2D eigenvalue weighted by Crippen LogP contribution is -2.39. The van der Waals surface area contributed by atoms with Crippen LogP contribution in [0.2, 0.25) is 0 Å². The summed E-state index contributed by atoms with van der Waals surface area (Å²) in [7, 11) is 0. The number of rotatable bonds is 5. The Labute approximate surface area is 166 Å². The molecule has 0 bridgehead atoms. The summed E-state index contributed by atoms with van der Waals surface area (Å²) < 4.78 is 5.73. The zero-order valence-electron chi connectivity index (χ0n) is 16.7. The third-order valence-corrected chi connectivity index (χ3v) is 5.08. The Balaban J connectivity index is 1.50. The molecule has 0 aliphatic carbocycles. The van der Waals surface area contributed by atoms with Gasteiger partial charge < -0.3 is 14.5 Å². The Morgan fingerprint density at radius 1 is 0.893 bits per heavy atom. The fourth-order valence-electron chi connectivity index (χ4n) is 3.49. The van der Waals surface area contributed by atoms with Crippen molar-refractivity contribution in [1.29, 1.82) is 0 Å². The van der Waals surface area contributed by atoms with E-state index in [0.717, 1.165) is 23.3 Å². The Morgan fingerprint density at radius 2 is 1.57 bits per heavy atom. The second-order valence-electron chi connectivity index (χ2n) is 7.34. The molecule has 5 heteroatoms. The third-order valence-electron chi connectivity index (χ3n) is 5.08. The van der Waals surface area contributed by atoms with E-state index in [-0.39, 0.29) is 18.4 Å². The van der Waals surface area contributed by atoms with E-state index in [1.807, 2.05) is 67.3 Å². The molecule has 1 fully saturated rings. The molecule has 3 rings (SSSR count). The minimum absolute atomic E-state index is 0.0296. The lowest BCUT2D eigenvalue weighted by atomic mass is 10.1. The quantitative estimate of drug-likeness (QED) is 0.801. The van der Waals surface area contributed by atoms with Crippen molar-refractivity contribution in [2.75, 3.05) is 32.8 Å². The first kappa shape index (κ1) is 19.9. The maximum absolute atomic E-state index is 12.6. The van der Waals surface area contributed by atoms with Crippen LogP contribution in [0.1, 0.15) is 23.1 Å². The van der Waals surface area contributed by atoms with Gasteiger partial charge in [0.2, 0.25) is 5.91 Å². The van der Waals surface area contributed by atoms with E-state index < -0.39 is 0 Å². The average Bonchev–Trinajstić information content (AvgIpc) is 2.94. The molecular weight excluding hydrogens is 352 g/mol. The number of carbonyl (C=O) groups excluding carboxylic acids is 2. The van der Waals surface area contributed by atoms with Crippen LogP contribution in [0.25, 0.3) is 0 Å². The molecule has 5 nitrogen and oxygen atoms in total. The third kappa shape index (κ3) is 5.35. The van der Waals surface area contributed by atoms with Crippen LogP contribution in [0.3, 0.4) is 0 Å². The highest BCUT2D eigenvalue weighted by molar-refractivity contribution is 5.80. The molecule has 148 valence electrons. The van der Waals surface area contributed by atoms with Crippen molar-refractivity contribution in [3.63, 3.8) is 0 Å². The molecule has 0 radical (unpaired) electrons. The Kier molecular flexibility index (Phi) is 6.69. The molecule has 1 aliphatic rings. The van der Waals surface area contributed by atoms with Crippen LogP contribution in [0.5, 0.6) is 5.75 Å². The van der Waals surface area contributed by atoms with Crippen LogP contribution in [-0.2, 0) is 16.0 Å². The maximum Gasteiger partial charge on any atom is 0.260 e. The van der Waals surface area contributed by atoms with Crippen molar-refractivity contribution in [3.05, 3.63) is 65.2 Å². The number of amides is 2. The van der Waals surface area contributed by atoms with Gasteiger partial charge in [0, 0.05) is 26.2 Å². The summed E-state index contributed by atoms with van der Waals surface area (Å²) >= 11 is 0. The Morgan fingerprint density at radius 3 is 2.25 bits per heavy atom. The molecule has 0 spiro atoms. The van der Waals surface area contributed by atoms with Crippen LogP contribution in [0.4, 0.5) is 0 Å². The number of nitrogens with zero attached hydrogens (tertiary/aromatic N) is 2. The fraction of sp³-hybridized carbons (Fsp3) is 0.391. The topological polar surface area (TPSA) is 49.9 Å². The van der Waals surface area contributed by atoms with Gasteiger partial charge in [0.1, 0.15) is 5.75 Å². The lowest BCUT2D eigenvalue weighted by molar-refractivity contribution is -0.134. The van der Waals surface area contributed by atoms with E-state index >= 15 is 0 Å². The maximum atomic E-state index is 12.6. The van der Waals surface area contributed by atoms with Gasteiger partial charge in [-0.2, -0.15) is 0 Å². The molecule has 0 unspecified atom stereocenters. The minimum Gasteiger partial charge on any atom is -0.484 e. The van der Waals surface area contributed by atoms with E-state index in [2.05, 4.69) is 0 Å². The average molecular weight is 380 g/mol. The summed E-state index contributed by atoms with van der Waals surface area (Å²) in [5, 5.41) is 0. The minimum atomic E-state index is -0.0302. The van der Waals surface area contributed by atoms with Crippen molar-refractivity contribution in [1.82, 2.24) is 9.80 Å². The van der Waals surface area contributed by atoms with Crippen LogP contribution < -0.4 is 4.74 Å². The van der Waals surface area contributed by atoms with Crippen molar-refractivity contribution in [2.45, 2.75) is 26.7 Å². The highest BCUT2D eigenvalue weighted by Gasteiger charge is 2.22. The largest absolute Gasteiger partial charge is 0.484 e. The van der Waals surface area contributed by atoms with E-state index in [0.29, 0.717) is 32.6 Å². The van der Waals surface area contributed by atoms with Gasteiger partial charge >= 0.3 is 0 Å². The monoisotopic (exact) mass is 380 g/mol. The SMILES string of the molecule is Cc1ccc(OCC(=O)N2CCCN(C(=O)Cc3ccccc3)CC2)c(C)c1. The molecule has 1 aliphatic heterocycles. The first-order chi connectivity index (χ1) is 13.5. The summed E-state index contributed by atoms with van der Waals surface area (Å²) in [5.41, 5.74) is 3.22. The standard InChI is InChI=1S/C23H28N2O3/c1-18-9-10-21(19(2)15-18)28-17-23(27)25-12-6-11-24(13-14-25)22(26)16-20-7-4-3-5-8-20/h3-5,7-10,15H,6,11-14,16-17H2,1-2H3. The Hall–Kier alpha value is -2.82. The van der Waals surface area contributed by atoms with Gasteiger partial charge in [-0.1, -0.05) is 48.0 Å². The molecule has 0 N–H and O–H groups in total. The second kappa shape index (κ2) is 9.40. The molecular formula is C23H28N2O3. The molecule has 0 saturated carbocycles. The van der Waals surface area contributed by atoms with Gasteiger partial charge in [0.05, 0.1) is 6.42 Å². The number of benzene rings is 2. The molecule has 0 aromatic heterocycles. The van der Waals surface area contributed by atoms with E-state index in [4.69, 9.17) is 4.74 Å². The van der Waals surface area contributed by atoms with Crippen LogP contribution in [0.15, 0.2) is 48.5 Å². The number of ether oxygens (including phenoxy) is 1. The van der Waals surface area contributed by atoms with E-state index in [1.165, 1.54) is 5.56 Å². The summed E-state index contributed by atoms with van der Waals surface area (Å²) in [6, 6.07) is 15.7. The summed E-state index contributed by atoms with van der Waals surface area (Å²) in [6.45, 7) is 6.51. The fourth-order valence-corrected chi connectivity index (χ4v) is 3.49. The van der Waals surface area contributed by atoms with Gasteiger partial charge in [-0.3, -0.25) is 9.59 Å². The second-order valence-corrected chi connectivity index (χ2v) is 7.34. The van der Waals surface area contributed by atoms with Gasteiger partial charge in [-0.15, -0.1) is 0 Å². The number of hydrogen-bond acceptors (Lipinski definition) is 3.